The first-order valence-corrected chi connectivity index (χ1v) is 24.3. The molecule has 3 fully saturated rings. The Morgan fingerprint density at radius 2 is 0.909 bits per heavy atom. The van der Waals surface area contributed by atoms with Crippen molar-refractivity contribution in [1.29, 1.82) is 0 Å². The smallest absolute Gasteiger partial charge is 0.0162 e. The summed E-state index contributed by atoms with van der Waals surface area (Å²) in [6, 6.07) is 42.0. The number of benzene rings is 4. The van der Waals surface area contributed by atoms with Crippen molar-refractivity contribution >= 4 is 53.2 Å². The molecule has 0 amide bonds. The van der Waals surface area contributed by atoms with Crippen LogP contribution in [0.2, 0.25) is 0 Å². The average molecular weight is 865 g/mol. The monoisotopic (exact) mass is 862 g/mol. The van der Waals surface area contributed by atoms with Crippen molar-refractivity contribution in [2.75, 3.05) is 0 Å². The molecule has 9 rings (SSSR count). The first-order valence-electron chi connectivity index (χ1n) is 20.1. The molecule has 4 heteroatoms. The molecule has 6 aromatic carbocycles. The first-order chi connectivity index (χ1) is 25.2. The number of rotatable bonds is 6. The van der Waals surface area contributed by atoms with Crippen molar-refractivity contribution in [3.8, 4) is 22.3 Å². The maximum atomic E-state index is 3.06. The fraction of sp³-hybridized carbons (Fsp3) is 0.373. The van der Waals surface area contributed by atoms with E-state index in [0.29, 0.717) is 0 Å². The first kappa shape index (κ1) is 47.2. The van der Waals surface area contributed by atoms with Gasteiger partial charge in [-0.3, -0.25) is 0 Å². The van der Waals surface area contributed by atoms with Crippen LogP contribution in [0.25, 0.3) is 43.8 Å². The number of aryl methyl sites for hydroxylation is 1. The van der Waals surface area contributed by atoms with Crippen molar-refractivity contribution in [2.45, 2.75) is 121 Å². The third-order valence-corrected chi connectivity index (χ3v) is 12.4. The number of fused-ring (bicyclic) bond motifs is 2. The van der Waals surface area contributed by atoms with Crippen molar-refractivity contribution in [3.05, 3.63) is 146 Å². The summed E-state index contributed by atoms with van der Waals surface area (Å²) >= 11 is 1.36. The van der Waals surface area contributed by atoms with Gasteiger partial charge in [-0.2, -0.15) is 12.1 Å². The zero-order valence-corrected chi connectivity index (χ0v) is 38.6. The van der Waals surface area contributed by atoms with E-state index >= 15 is 0 Å². The summed E-state index contributed by atoms with van der Waals surface area (Å²) in [5.74, 6) is 2.38. The Kier molecular flexibility index (Phi) is 19.9. The van der Waals surface area contributed by atoms with Crippen LogP contribution in [0.15, 0.2) is 109 Å². The van der Waals surface area contributed by atoms with Crippen molar-refractivity contribution in [2.24, 2.45) is 0 Å². The number of hydrogen-bond donors (Lipinski definition) is 0. The molecule has 2 radical (unpaired) electrons. The van der Waals surface area contributed by atoms with Crippen LogP contribution in [-0.4, -0.2) is 6.88 Å². The van der Waals surface area contributed by atoms with E-state index in [9.17, 15) is 0 Å². The second-order valence-electron chi connectivity index (χ2n) is 15.5. The summed E-state index contributed by atoms with van der Waals surface area (Å²) < 4.78 is 0. The van der Waals surface area contributed by atoms with Crippen molar-refractivity contribution < 1.29 is 23.3 Å². The third-order valence-electron chi connectivity index (χ3n) is 12.4. The van der Waals surface area contributed by atoms with Crippen LogP contribution in [0.4, 0.5) is 0 Å². The van der Waals surface area contributed by atoms with Crippen LogP contribution in [0.5, 0.6) is 0 Å². The Morgan fingerprint density at radius 1 is 0.509 bits per heavy atom. The second kappa shape index (κ2) is 23.3. The summed E-state index contributed by atoms with van der Waals surface area (Å²) in [4.78, 5) is 0. The predicted octanol–water partition coefficient (Wildman–Crippen LogP) is 16.1. The molecule has 0 bridgehead atoms. The molecule has 0 heterocycles. The average Bonchev–Trinajstić information content (AvgIpc) is 4.00. The molecule has 3 aliphatic carbocycles. The fourth-order valence-electron chi connectivity index (χ4n) is 9.50. The SMILES string of the molecule is CCc1cc2c(-c3ccc(C4CCCCC4)cc3)cccc2[cH-]1.Cl.Cl.[CH3-].[CH3-].[Si]=[Zr].c1cc(-c2ccc(C3CCCCC3)cc2)c2cc(C3CCCC3)[cH-]c2c1. The van der Waals surface area contributed by atoms with Crippen LogP contribution in [-0.2, 0) is 29.8 Å². The van der Waals surface area contributed by atoms with E-state index in [1.165, 1.54) is 168 Å². The van der Waals surface area contributed by atoms with Gasteiger partial charge in [0.1, 0.15) is 0 Å². The molecule has 292 valence electrons. The minimum atomic E-state index is 0. The van der Waals surface area contributed by atoms with Crippen molar-refractivity contribution in [3.63, 3.8) is 0 Å². The molecule has 0 saturated heterocycles. The quantitative estimate of drug-likeness (QED) is 0.116. The van der Waals surface area contributed by atoms with Crippen molar-refractivity contribution in [1.82, 2.24) is 0 Å². The minimum Gasteiger partial charge on any atom is -0.164 e. The normalized spacial score (nSPS) is 15.9. The summed E-state index contributed by atoms with van der Waals surface area (Å²) in [6.07, 6.45) is 20.6. The van der Waals surface area contributed by atoms with Gasteiger partial charge in [-0.25, -0.2) is 0 Å². The van der Waals surface area contributed by atoms with E-state index < -0.39 is 0 Å². The van der Waals surface area contributed by atoms with Crippen LogP contribution >= 0.6 is 24.8 Å². The summed E-state index contributed by atoms with van der Waals surface area (Å²) in [5, 5.41) is 5.63. The minimum absolute atomic E-state index is 0. The molecular formula is C51H62Cl2SiZr-4. The Labute approximate surface area is 363 Å². The van der Waals surface area contributed by atoms with Crippen LogP contribution in [0, 0.1) is 14.9 Å². The van der Waals surface area contributed by atoms with Gasteiger partial charge in [-0.05, 0) is 85.0 Å². The molecule has 0 atom stereocenters. The number of halogens is 2. The van der Waals surface area contributed by atoms with Crippen LogP contribution in [0.1, 0.15) is 137 Å². The Morgan fingerprint density at radius 3 is 1.36 bits per heavy atom. The molecule has 0 nitrogen and oxygen atoms in total. The molecule has 0 N–H and O–H groups in total. The third kappa shape index (κ3) is 11.3. The van der Waals surface area contributed by atoms with Gasteiger partial charge in [0.15, 0.2) is 0 Å². The molecule has 0 aliphatic heterocycles. The summed E-state index contributed by atoms with van der Waals surface area (Å²) in [6.45, 7) is 5.29. The maximum absolute atomic E-state index is 3.06. The maximum Gasteiger partial charge on any atom is -0.0162 e. The van der Waals surface area contributed by atoms with E-state index in [-0.39, 0.29) is 39.7 Å². The van der Waals surface area contributed by atoms with E-state index in [1.54, 1.807) is 11.1 Å². The Bertz CT molecular complexity index is 1990. The van der Waals surface area contributed by atoms with Gasteiger partial charge in [0.2, 0.25) is 0 Å². The van der Waals surface area contributed by atoms with E-state index in [0.717, 1.165) is 24.2 Å². The topological polar surface area (TPSA) is 0 Å². The zero-order valence-electron chi connectivity index (χ0n) is 33.5. The molecule has 0 aromatic heterocycles. The Balaban J connectivity index is 0.000000266. The van der Waals surface area contributed by atoms with Gasteiger partial charge in [0, 0.05) is 0 Å². The summed E-state index contributed by atoms with van der Waals surface area (Å²) in [5.41, 5.74) is 11.6. The zero-order chi connectivity index (χ0) is 35.0. The molecule has 3 saturated carbocycles. The van der Waals surface area contributed by atoms with Gasteiger partial charge in [-0.15, -0.1) is 93.9 Å². The predicted molar refractivity (Wildman–Crippen MR) is 245 cm³/mol. The van der Waals surface area contributed by atoms with Crippen LogP contribution in [0.3, 0.4) is 0 Å². The van der Waals surface area contributed by atoms with Gasteiger partial charge in [-0.1, -0.05) is 130 Å². The molecule has 6 aromatic rings. The van der Waals surface area contributed by atoms with E-state index in [2.05, 4.69) is 123 Å². The van der Waals surface area contributed by atoms with Gasteiger partial charge >= 0.3 is 30.2 Å². The van der Waals surface area contributed by atoms with Gasteiger partial charge in [0.05, 0.1) is 0 Å². The molecule has 3 aliphatic rings. The molecule has 0 spiro atoms. The van der Waals surface area contributed by atoms with Gasteiger partial charge in [0.25, 0.3) is 0 Å². The largest absolute Gasteiger partial charge is 0.164 e. The van der Waals surface area contributed by atoms with Gasteiger partial charge < -0.3 is 14.9 Å². The fourth-order valence-corrected chi connectivity index (χ4v) is 9.50. The molecular weight excluding hydrogens is 803 g/mol. The Hall–Kier alpha value is -2.22. The van der Waals surface area contributed by atoms with E-state index in [4.69, 9.17) is 0 Å². The van der Waals surface area contributed by atoms with Crippen LogP contribution < -0.4 is 0 Å². The second-order valence-corrected chi connectivity index (χ2v) is 15.5. The molecule has 55 heavy (non-hydrogen) atoms. The molecule has 0 unspecified atom stereocenters. The standard InChI is InChI=1S/C26H29.C23H25.2CH3.2ClH.Si.Zr/c1-2-7-19(8-3-1)21-13-15-22(16-14-21)25-12-6-11-23-17-24(18-26(23)25)20-9-4-5-10-20;1-2-17-15-21-9-6-10-22(23(21)16-17)20-13-11-19(12-14-20)18-7-4-3-5-8-18;;;;;;/h6,11-20H,1-5,7-10H2;6,9-16,18H,2-5,7-8H2,1H3;2*1H3;2*1H;;/q4*-1;;;;. The number of hydrogen-bond acceptors (Lipinski definition) is 0. The summed E-state index contributed by atoms with van der Waals surface area (Å²) in [7, 11) is 0. The van der Waals surface area contributed by atoms with E-state index in [1.807, 2.05) is 0 Å².